The van der Waals surface area contributed by atoms with E-state index < -0.39 is 6.10 Å². The van der Waals surface area contributed by atoms with Crippen LogP contribution in [0.1, 0.15) is 13.3 Å². The molecule has 3 heteroatoms. The van der Waals surface area contributed by atoms with Crippen LogP contribution < -0.4 is 5.73 Å². The van der Waals surface area contributed by atoms with Crippen molar-refractivity contribution in [2.75, 3.05) is 6.61 Å². The molecule has 54 valence electrons. The van der Waals surface area contributed by atoms with Crippen molar-refractivity contribution >= 4 is 0 Å². The van der Waals surface area contributed by atoms with Crippen LogP contribution in [0.15, 0.2) is 0 Å². The predicted octanol–water partition coefficient (Wildman–Crippen LogP) is -0.517. The van der Waals surface area contributed by atoms with Crippen molar-refractivity contribution in [3.8, 4) is 0 Å². The van der Waals surface area contributed by atoms with Gasteiger partial charge < -0.3 is 15.6 Å². The minimum absolute atomic E-state index is 0.0891. The van der Waals surface area contributed by atoms with Gasteiger partial charge in [-0.15, -0.1) is 0 Å². The van der Waals surface area contributed by atoms with E-state index in [0.29, 0.717) is 6.61 Å². The average molecular weight is 131 g/mol. The summed E-state index contributed by atoms with van der Waals surface area (Å²) in [4.78, 5) is 0. The Labute approximate surface area is 54.8 Å². The van der Waals surface area contributed by atoms with E-state index in [1.54, 1.807) is 0 Å². The molecular formula is C6H13NO2. The van der Waals surface area contributed by atoms with Crippen LogP contribution >= 0.6 is 0 Å². The molecule has 3 atom stereocenters. The summed E-state index contributed by atoms with van der Waals surface area (Å²) in [5.41, 5.74) is 5.54. The molecule has 1 heterocycles. The summed E-state index contributed by atoms with van der Waals surface area (Å²) in [5.74, 6) is 0. The van der Waals surface area contributed by atoms with E-state index in [9.17, 15) is 5.11 Å². The Morgan fingerprint density at radius 1 is 1.67 bits per heavy atom. The van der Waals surface area contributed by atoms with E-state index in [1.165, 1.54) is 0 Å². The number of rotatable bonds is 0. The number of ether oxygens (including phenoxy) is 1. The first-order valence-corrected chi connectivity index (χ1v) is 3.27. The lowest BCUT2D eigenvalue weighted by Crippen LogP contribution is -2.47. The maximum atomic E-state index is 9.20. The summed E-state index contributed by atoms with van der Waals surface area (Å²) in [6, 6.07) is -0.0891. The van der Waals surface area contributed by atoms with Gasteiger partial charge >= 0.3 is 0 Å². The van der Waals surface area contributed by atoms with Crippen LogP contribution in [0.2, 0.25) is 0 Å². The van der Waals surface area contributed by atoms with E-state index in [1.807, 2.05) is 6.92 Å². The highest BCUT2D eigenvalue weighted by molar-refractivity contribution is 4.80. The third-order valence-electron chi connectivity index (χ3n) is 1.75. The quantitative estimate of drug-likeness (QED) is 0.465. The van der Waals surface area contributed by atoms with Crippen LogP contribution in [0.25, 0.3) is 0 Å². The molecule has 0 radical (unpaired) electrons. The summed E-state index contributed by atoms with van der Waals surface area (Å²) >= 11 is 0. The first-order chi connectivity index (χ1) is 4.22. The second kappa shape index (κ2) is 2.64. The molecular weight excluding hydrogens is 118 g/mol. The summed E-state index contributed by atoms with van der Waals surface area (Å²) in [5, 5.41) is 9.20. The third kappa shape index (κ3) is 1.41. The molecule has 0 amide bonds. The van der Waals surface area contributed by atoms with Gasteiger partial charge in [0.15, 0.2) is 0 Å². The van der Waals surface area contributed by atoms with E-state index in [2.05, 4.69) is 0 Å². The Morgan fingerprint density at radius 3 is 2.78 bits per heavy atom. The van der Waals surface area contributed by atoms with Crippen LogP contribution in [-0.4, -0.2) is 30.0 Å². The summed E-state index contributed by atoms with van der Waals surface area (Å²) in [7, 11) is 0. The lowest BCUT2D eigenvalue weighted by atomic mass is 10.0. The molecule has 3 N–H and O–H groups in total. The van der Waals surface area contributed by atoms with Gasteiger partial charge in [0.2, 0.25) is 0 Å². The van der Waals surface area contributed by atoms with Crippen molar-refractivity contribution in [2.45, 2.75) is 31.6 Å². The van der Waals surface area contributed by atoms with Crippen molar-refractivity contribution in [3.63, 3.8) is 0 Å². The molecule has 0 unspecified atom stereocenters. The largest absolute Gasteiger partial charge is 0.389 e. The second-order valence-corrected chi connectivity index (χ2v) is 2.52. The Bertz CT molecular complexity index is 87.1. The molecule has 1 aliphatic heterocycles. The van der Waals surface area contributed by atoms with Gasteiger partial charge in [0.05, 0.1) is 12.2 Å². The smallest absolute Gasteiger partial charge is 0.0950 e. The lowest BCUT2D eigenvalue weighted by molar-refractivity contribution is -0.0739. The molecule has 0 spiro atoms. The standard InChI is InChI=1S/C6H13NO2/c1-4-6(8)5(7)2-3-9-4/h4-6,8H,2-3,7H2,1H3/t4-,5+,6+/m1/s1. The minimum Gasteiger partial charge on any atom is -0.389 e. The molecule has 3 nitrogen and oxygen atoms in total. The van der Waals surface area contributed by atoms with E-state index in [-0.39, 0.29) is 12.1 Å². The fourth-order valence-electron chi connectivity index (χ4n) is 1.01. The maximum absolute atomic E-state index is 9.20. The van der Waals surface area contributed by atoms with Gasteiger partial charge in [-0.2, -0.15) is 0 Å². The molecule has 0 aromatic heterocycles. The zero-order chi connectivity index (χ0) is 6.85. The predicted molar refractivity (Wildman–Crippen MR) is 34.0 cm³/mol. The van der Waals surface area contributed by atoms with Gasteiger partial charge in [0.25, 0.3) is 0 Å². The Balaban J connectivity index is 2.41. The van der Waals surface area contributed by atoms with E-state index in [0.717, 1.165) is 6.42 Å². The first-order valence-electron chi connectivity index (χ1n) is 3.27. The van der Waals surface area contributed by atoms with Gasteiger partial charge in [0, 0.05) is 12.6 Å². The summed E-state index contributed by atoms with van der Waals surface area (Å²) < 4.78 is 5.13. The number of aliphatic hydroxyl groups is 1. The molecule has 0 saturated carbocycles. The molecule has 1 saturated heterocycles. The molecule has 0 aliphatic carbocycles. The number of nitrogens with two attached hydrogens (primary N) is 1. The molecule has 0 aromatic carbocycles. The topological polar surface area (TPSA) is 55.5 Å². The fourth-order valence-corrected chi connectivity index (χ4v) is 1.01. The fraction of sp³-hybridized carbons (Fsp3) is 1.00. The number of hydrogen-bond donors (Lipinski definition) is 2. The van der Waals surface area contributed by atoms with E-state index in [4.69, 9.17) is 10.5 Å². The van der Waals surface area contributed by atoms with Gasteiger partial charge in [0.1, 0.15) is 0 Å². The highest BCUT2D eigenvalue weighted by Crippen LogP contribution is 2.11. The van der Waals surface area contributed by atoms with Crippen molar-refractivity contribution in [2.24, 2.45) is 5.73 Å². The summed E-state index contributed by atoms with van der Waals surface area (Å²) in [6.07, 6.45) is 0.207. The van der Waals surface area contributed by atoms with Crippen molar-refractivity contribution in [1.82, 2.24) is 0 Å². The summed E-state index contributed by atoms with van der Waals surface area (Å²) in [6.45, 7) is 2.52. The lowest BCUT2D eigenvalue weighted by Gasteiger charge is -2.30. The van der Waals surface area contributed by atoms with Gasteiger partial charge in [-0.3, -0.25) is 0 Å². The SMILES string of the molecule is C[C@H]1OCC[C@H](N)[C@H]1O. The minimum atomic E-state index is -0.473. The molecule has 9 heavy (non-hydrogen) atoms. The highest BCUT2D eigenvalue weighted by atomic mass is 16.5. The molecule has 0 aromatic rings. The van der Waals surface area contributed by atoms with Crippen molar-refractivity contribution in [3.05, 3.63) is 0 Å². The molecule has 0 bridgehead atoms. The average Bonchev–Trinajstić information content (AvgIpc) is 1.83. The number of hydrogen-bond acceptors (Lipinski definition) is 3. The van der Waals surface area contributed by atoms with Gasteiger partial charge in [-0.05, 0) is 13.3 Å². The zero-order valence-electron chi connectivity index (χ0n) is 5.58. The van der Waals surface area contributed by atoms with Crippen molar-refractivity contribution < 1.29 is 9.84 Å². The van der Waals surface area contributed by atoms with Gasteiger partial charge in [-0.1, -0.05) is 0 Å². The Morgan fingerprint density at radius 2 is 2.33 bits per heavy atom. The third-order valence-corrected chi connectivity index (χ3v) is 1.75. The second-order valence-electron chi connectivity index (χ2n) is 2.52. The zero-order valence-corrected chi connectivity index (χ0v) is 5.58. The van der Waals surface area contributed by atoms with E-state index >= 15 is 0 Å². The molecule has 1 aliphatic rings. The van der Waals surface area contributed by atoms with Crippen LogP contribution in [0.4, 0.5) is 0 Å². The Kier molecular flexibility index (Phi) is 2.05. The monoisotopic (exact) mass is 131 g/mol. The first kappa shape index (κ1) is 6.99. The normalized spacial score (nSPS) is 45.0. The van der Waals surface area contributed by atoms with Gasteiger partial charge in [-0.25, -0.2) is 0 Å². The number of aliphatic hydroxyl groups excluding tert-OH is 1. The maximum Gasteiger partial charge on any atom is 0.0950 e. The Hall–Kier alpha value is -0.120. The van der Waals surface area contributed by atoms with Crippen LogP contribution in [0, 0.1) is 0 Å². The molecule has 1 fully saturated rings. The van der Waals surface area contributed by atoms with Crippen LogP contribution in [-0.2, 0) is 4.74 Å². The van der Waals surface area contributed by atoms with Crippen LogP contribution in [0.3, 0.4) is 0 Å². The molecule has 1 rings (SSSR count). The van der Waals surface area contributed by atoms with Crippen molar-refractivity contribution in [1.29, 1.82) is 0 Å². The highest BCUT2D eigenvalue weighted by Gasteiger charge is 2.26. The van der Waals surface area contributed by atoms with Crippen LogP contribution in [0.5, 0.6) is 0 Å².